The van der Waals surface area contributed by atoms with Gasteiger partial charge in [0.25, 0.3) is 11.1 Å². The Balaban J connectivity index is 0.581. The summed E-state index contributed by atoms with van der Waals surface area (Å²) in [7, 11) is 0. The van der Waals surface area contributed by atoms with Gasteiger partial charge in [0.15, 0.2) is 0 Å². The first kappa shape index (κ1) is 63.8. The molecule has 0 radical (unpaired) electrons. The molecule has 0 saturated carbocycles. The third-order valence-electron chi connectivity index (χ3n) is 18.7. The van der Waals surface area contributed by atoms with Crippen LogP contribution in [0.3, 0.4) is 0 Å². The maximum absolute atomic E-state index is 14.4. The average Bonchev–Trinajstić information content (AvgIpc) is 1.64. The van der Waals surface area contributed by atoms with Gasteiger partial charge in [0.1, 0.15) is 60.1 Å². The highest BCUT2D eigenvalue weighted by Gasteiger charge is 2.43. The van der Waals surface area contributed by atoms with Crippen molar-refractivity contribution in [3.63, 3.8) is 0 Å². The first-order chi connectivity index (χ1) is 43.7. The molecule has 8 heterocycles. The number of morpholine rings is 2. The Hall–Kier alpha value is -7.34. The van der Waals surface area contributed by atoms with Crippen molar-refractivity contribution in [1.82, 2.24) is 40.2 Å². The van der Waals surface area contributed by atoms with Gasteiger partial charge in [0, 0.05) is 149 Å². The van der Waals surface area contributed by atoms with Gasteiger partial charge in [-0.3, -0.25) is 38.8 Å². The fraction of sp³-hybridized carbons (Fsp3) is 0.486. The molecule has 0 aliphatic carbocycles. The van der Waals surface area contributed by atoms with Crippen LogP contribution in [0.25, 0.3) is 0 Å². The normalized spacial score (nSPS) is 23.6. The lowest BCUT2D eigenvalue weighted by Gasteiger charge is -2.43. The molecule has 4 saturated heterocycles. The van der Waals surface area contributed by atoms with Crippen molar-refractivity contribution >= 4 is 23.2 Å². The molecule has 4 aromatic carbocycles. The molecule has 6 aliphatic rings. The van der Waals surface area contributed by atoms with E-state index in [1.54, 1.807) is 24.3 Å². The molecule has 2 amide bonds. The summed E-state index contributed by atoms with van der Waals surface area (Å²) in [5.74, 6) is 2.05. The van der Waals surface area contributed by atoms with Gasteiger partial charge in [-0.1, -0.05) is 52.0 Å². The van der Waals surface area contributed by atoms with Gasteiger partial charge in [-0.15, -0.1) is 0 Å². The number of halogens is 2. The van der Waals surface area contributed by atoms with E-state index in [-0.39, 0.29) is 84.0 Å². The fourth-order valence-corrected chi connectivity index (χ4v) is 13.8. The molecule has 6 aliphatic heterocycles. The summed E-state index contributed by atoms with van der Waals surface area (Å²) < 4.78 is 58.5. The highest BCUT2D eigenvalue weighted by atomic mass is 19.1. The number of piperazine rings is 2. The van der Waals surface area contributed by atoms with Crippen LogP contribution >= 0.6 is 0 Å². The average molecular weight is 1250 g/mol. The molecule has 12 rings (SSSR count). The second kappa shape index (κ2) is 27.5. The zero-order valence-electron chi connectivity index (χ0n) is 53.1. The number of ether oxygens (including phenoxy) is 5. The smallest absolute Gasteiger partial charge is 0.251 e. The number of hydrogen-bond acceptors (Lipinski definition) is 15. The molecule has 4 fully saturated rings. The van der Waals surface area contributed by atoms with E-state index in [4.69, 9.17) is 23.7 Å². The van der Waals surface area contributed by atoms with Gasteiger partial charge in [-0.2, -0.15) is 0 Å². The van der Waals surface area contributed by atoms with Crippen LogP contribution in [-0.4, -0.2) is 196 Å². The van der Waals surface area contributed by atoms with Crippen molar-refractivity contribution in [1.29, 1.82) is 0 Å². The summed E-state index contributed by atoms with van der Waals surface area (Å²) >= 11 is 0. The number of fused-ring (bicyclic) bond motifs is 2. The third kappa shape index (κ3) is 15.4. The zero-order valence-corrected chi connectivity index (χ0v) is 53.1. The lowest BCUT2D eigenvalue weighted by molar-refractivity contribution is -0.121. The van der Waals surface area contributed by atoms with Gasteiger partial charge in [-0.05, 0) is 110 Å². The fourth-order valence-electron chi connectivity index (χ4n) is 13.8. The number of pyridine rings is 2. The molecule has 21 heteroatoms. The summed E-state index contributed by atoms with van der Waals surface area (Å²) in [6.45, 7) is 23.1. The SMILES string of the molecule is C[C@@H]1CN(CC(=O)N2CC(C)(C)c3[nH]c(=O)c(Cc4ccc(F)cc4)cc32)[C@@H](CN2CCO[C@H](COc3ccc(Oc4ccc(OC[C@@H]5CN(C[C@H]6CN[C@H](C)CN6CC(=O)N6CC(C)(C)c7[nH]c(=O)c(Cc8ccc(F)cc8)cc76)CCO5)cc4)cc3)C2)CN1. The van der Waals surface area contributed by atoms with Crippen LogP contribution in [0.2, 0.25) is 0 Å². The van der Waals surface area contributed by atoms with Crippen molar-refractivity contribution in [2.45, 2.75) is 102 Å². The zero-order chi connectivity index (χ0) is 63.6. The summed E-state index contributed by atoms with van der Waals surface area (Å²) in [4.78, 5) is 74.6. The number of nitrogens with zero attached hydrogens (tertiary/aromatic N) is 6. The van der Waals surface area contributed by atoms with Crippen molar-refractivity contribution in [3.05, 3.63) is 175 Å². The van der Waals surface area contributed by atoms with Crippen molar-refractivity contribution in [3.8, 4) is 23.0 Å². The number of aromatic amines is 2. The summed E-state index contributed by atoms with van der Waals surface area (Å²) in [6, 6.07) is 31.7. The molecule has 91 heavy (non-hydrogen) atoms. The highest BCUT2D eigenvalue weighted by molar-refractivity contribution is 5.98. The largest absolute Gasteiger partial charge is 0.491 e. The summed E-state index contributed by atoms with van der Waals surface area (Å²) in [5, 5.41) is 7.27. The number of benzene rings is 4. The second-order valence-corrected chi connectivity index (χ2v) is 27.1. The molecule has 4 N–H and O–H groups in total. The van der Waals surface area contributed by atoms with Crippen molar-refractivity contribution in [2.24, 2.45) is 0 Å². The van der Waals surface area contributed by atoms with E-state index in [9.17, 15) is 28.0 Å². The lowest BCUT2D eigenvalue weighted by atomic mass is 9.91. The Morgan fingerprint density at radius 2 is 0.934 bits per heavy atom. The Bertz CT molecular complexity index is 3410. The maximum atomic E-state index is 14.4. The van der Waals surface area contributed by atoms with Crippen LogP contribution in [0.15, 0.2) is 119 Å². The monoisotopic (exact) mass is 1250 g/mol. The van der Waals surface area contributed by atoms with E-state index in [1.165, 1.54) is 24.3 Å². The van der Waals surface area contributed by atoms with Gasteiger partial charge in [0.05, 0.1) is 37.7 Å². The number of H-pyrrole nitrogens is 2. The molecule has 0 unspecified atom stereocenters. The van der Waals surface area contributed by atoms with Crippen LogP contribution in [-0.2, 0) is 42.7 Å². The van der Waals surface area contributed by atoms with Gasteiger partial charge >= 0.3 is 0 Å². The summed E-state index contributed by atoms with van der Waals surface area (Å²) in [5.41, 5.74) is 4.40. The number of carbonyl (C=O) groups is 2. The quantitative estimate of drug-likeness (QED) is 0.0653. The molecule has 484 valence electrons. The van der Waals surface area contributed by atoms with Crippen LogP contribution in [0.1, 0.15) is 75.2 Å². The minimum atomic E-state index is -0.440. The molecule has 6 atom stereocenters. The standard InChI is InChI=1S/C70H86F2N10O9/c1-45-33-79(39-63(83)81-43-69(3,4)65-61(81)29-49(67(85)75-65)27-47-7-11-51(71)12-8-47)53(31-73-45)35-77-23-25-87-59(37-77)41-89-55-15-19-57(20-16-55)91-58-21-17-56(18-22-58)90-42-60-38-78(24-26-88-60)36-54-32-74-46(2)34-80(54)40-64(84)82-44-70(5,6)66-62(82)30-50(68(86)76-66)28-48-9-13-52(72)14-10-48/h7-22,29-30,45-46,53-54,59-60,73-74H,23-28,31-44H2,1-6H3,(H,75,85)(H,76,86)/t45-,46-,53-,54-,59+,60+/m1/s1. The topological polar surface area (TPSA) is 190 Å². The molecule has 2 aromatic heterocycles. The number of amides is 2. The number of carbonyl (C=O) groups excluding carboxylic acids is 2. The van der Waals surface area contributed by atoms with Crippen molar-refractivity contribution < 1.29 is 42.1 Å². The van der Waals surface area contributed by atoms with Crippen LogP contribution in [0.5, 0.6) is 23.0 Å². The Kier molecular flexibility index (Phi) is 19.3. The first-order valence-corrected chi connectivity index (χ1v) is 32.1. The van der Waals surface area contributed by atoms with Crippen molar-refractivity contribution in [2.75, 3.05) is 128 Å². The van der Waals surface area contributed by atoms with Crippen LogP contribution in [0.4, 0.5) is 20.2 Å². The summed E-state index contributed by atoms with van der Waals surface area (Å²) in [6.07, 6.45) is 0.372. The molecular formula is C70H86F2N10O9. The van der Waals surface area contributed by atoms with Gasteiger partial charge in [0.2, 0.25) is 11.8 Å². The number of rotatable bonds is 20. The molecule has 0 spiro atoms. The number of hydrogen-bond donors (Lipinski definition) is 4. The van der Waals surface area contributed by atoms with Gasteiger partial charge in [-0.25, -0.2) is 8.78 Å². The van der Waals surface area contributed by atoms with Gasteiger partial charge < -0.3 is 54.1 Å². The van der Waals surface area contributed by atoms with E-state index in [0.29, 0.717) is 99.6 Å². The molecular weight excluding hydrogens is 1160 g/mol. The van der Waals surface area contributed by atoms with Crippen LogP contribution in [0, 0.1) is 11.6 Å². The van der Waals surface area contributed by atoms with E-state index in [0.717, 1.165) is 86.2 Å². The third-order valence-corrected chi connectivity index (χ3v) is 18.7. The van der Waals surface area contributed by atoms with Crippen LogP contribution < -0.4 is 45.8 Å². The lowest BCUT2D eigenvalue weighted by Crippen LogP contribution is -2.61. The number of nitrogens with one attached hydrogen (secondary N) is 4. The second-order valence-electron chi connectivity index (χ2n) is 27.1. The van der Waals surface area contributed by atoms with E-state index in [2.05, 4.69) is 54.0 Å². The number of aromatic nitrogens is 2. The van der Waals surface area contributed by atoms with E-state index in [1.807, 2.05) is 98.2 Å². The van der Waals surface area contributed by atoms with E-state index < -0.39 is 10.8 Å². The molecule has 0 bridgehead atoms. The highest BCUT2D eigenvalue weighted by Crippen LogP contribution is 2.41. The Labute approximate surface area is 530 Å². The predicted octanol–water partition coefficient (Wildman–Crippen LogP) is 6.45. The molecule has 19 nitrogen and oxygen atoms in total. The predicted molar refractivity (Wildman–Crippen MR) is 345 cm³/mol. The maximum Gasteiger partial charge on any atom is 0.251 e. The Morgan fingerprint density at radius 3 is 1.33 bits per heavy atom. The molecule has 6 aromatic rings. The number of anilines is 2. The first-order valence-electron chi connectivity index (χ1n) is 32.1. The Morgan fingerprint density at radius 1 is 0.549 bits per heavy atom. The minimum Gasteiger partial charge on any atom is -0.491 e. The van der Waals surface area contributed by atoms with E-state index >= 15 is 0 Å². The minimum absolute atomic E-state index is 0.00954.